The summed E-state index contributed by atoms with van der Waals surface area (Å²) in [6, 6.07) is 8.62. The third kappa shape index (κ3) is 4.32. The van der Waals surface area contributed by atoms with Crippen molar-refractivity contribution in [1.82, 2.24) is 0 Å². The monoisotopic (exact) mass is 495 g/mol. The lowest BCUT2D eigenvalue weighted by atomic mass is 10.0. The van der Waals surface area contributed by atoms with Crippen molar-refractivity contribution < 1.29 is 26.8 Å². The highest BCUT2D eigenvalue weighted by molar-refractivity contribution is 9.10. The Labute approximate surface area is 181 Å². The van der Waals surface area contributed by atoms with Crippen LogP contribution < -0.4 is 4.31 Å². The number of hydrogen-bond donors (Lipinski definition) is 0. The topological polar surface area (TPSA) is 84.7 Å². The van der Waals surface area contributed by atoms with E-state index < -0.39 is 15.8 Å². The maximum Gasteiger partial charge on any atom is 0.232 e. The van der Waals surface area contributed by atoms with Gasteiger partial charge < -0.3 is 4.42 Å². The van der Waals surface area contributed by atoms with Crippen LogP contribution in [0.15, 0.2) is 45.3 Å². The molecule has 0 bridgehead atoms. The standard InChI is InChI=1S/C21H19BrFNO5S/c1-4-18(26)20-15-9-16(22)17(24(11-12(2)25)30(3,27)28)10-19(15)29-21(20)13-5-7-14(23)8-6-13/h5-10H,4,11H2,1-3H3. The van der Waals surface area contributed by atoms with E-state index >= 15 is 0 Å². The molecule has 1 heterocycles. The summed E-state index contributed by atoms with van der Waals surface area (Å²) in [7, 11) is -3.75. The van der Waals surface area contributed by atoms with E-state index in [4.69, 9.17) is 4.42 Å². The minimum atomic E-state index is -3.75. The fraction of sp³-hybridized carbons (Fsp3) is 0.238. The lowest BCUT2D eigenvalue weighted by Crippen LogP contribution is -2.34. The maximum absolute atomic E-state index is 13.3. The highest BCUT2D eigenvalue weighted by Gasteiger charge is 2.26. The number of fused-ring (bicyclic) bond motifs is 1. The molecule has 0 radical (unpaired) electrons. The maximum atomic E-state index is 13.3. The molecular formula is C21H19BrFNO5S. The van der Waals surface area contributed by atoms with Crippen LogP contribution in [-0.4, -0.2) is 32.8 Å². The van der Waals surface area contributed by atoms with Crippen molar-refractivity contribution in [2.24, 2.45) is 0 Å². The number of rotatable bonds is 7. The molecule has 0 saturated heterocycles. The number of nitrogens with zero attached hydrogens (tertiary/aromatic N) is 1. The number of benzene rings is 2. The van der Waals surface area contributed by atoms with Gasteiger partial charge in [-0.3, -0.25) is 13.9 Å². The lowest BCUT2D eigenvalue weighted by Gasteiger charge is -2.22. The van der Waals surface area contributed by atoms with Gasteiger partial charge in [0.2, 0.25) is 10.0 Å². The minimum Gasteiger partial charge on any atom is -0.455 e. The van der Waals surface area contributed by atoms with Crippen LogP contribution >= 0.6 is 15.9 Å². The number of carbonyl (C=O) groups is 2. The minimum absolute atomic E-state index is 0.170. The van der Waals surface area contributed by atoms with Crippen LogP contribution in [0.3, 0.4) is 0 Å². The Morgan fingerprint density at radius 3 is 2.33 bits per heavy atom. The Morgan fingerprint density at radius 2 is 1.80 bits per heavy atom. The van der Waals surface area contributed by atoms with Gasteiger partial charge in [0.25, 0.3) is 0 Å². The van der Waals surface area contributed by atoms with E-state index in [2.05, 4.69) is 15.9 Å². The molecule has 6 nitrogen and oxygen atoms in total. The summed E-state index contributed by atoms with van der Waals surface area (Å²) >= 11 is 3.36. The van der Waals surface area contributed by atoms with E-state index in [1.807, 2.05) is 0 Å². The quantitative estimate of drug-likeness (QED) is 0.433. The molecular weight excluding hydrogens is 477 g/mol. The number of sulfonamides is 1. The Balaban J connectivity index is 2.30. The van der Waals surface area contributed by atoms with Crippen molar-refractivity contribution in [3.05, 3.63) is 52.3 Å². The van der Waals surface area contributed by atoms with Crippen molar-refractivity contribution in [2.45, 2.75) is 20.3 Å². The highest BCUT2D eigenvalue weighted by atomic mass is 79.9. The summed E-state index contributed by atoms with van der Waals surface area (Å²) in [5.74, 6) is -0.646. The van der Waals surface area contributed by atoms with E-state index in [9.17, 15) is 22.4 Å². The zero-order chi connectivity index (χ0) is 22.2. The molecule has 0 aliphatic carbocycles. The van der Waals surface area contributed by atoms with Crippen LogP contribution in [0, 0.1) is 5.82 Å². The van der Waals surface area contributed by atoms with Gasteiger partial charge in [-0.05, 0) is 53.2 Å². The Morgan fingerprint density at radius 1 is 1.17 bits per heavy atom. The molecule has 30 heavy (non-hydrogen) atoms. The molecule has 0 aliphatic heterocycles. The zero-order valence-electron chi connectivity index (χ0n) is 16.5. The van der Waals surface area contributed by atoms with Gasteiger partial charge in [0, 0.05) is 27.9 Å². The molecule has 0 fully saturated rings. The average Bonchev–Trinajstić information content (AvgIpc) is 3.02. The first-order valence-electron chi connectivity index (χ1n) is 9.05. The van der Waals surface area contributed by atoms with E-state index in [1.165, 1.54) is 37.3 Å². The number of carbonyl (C=O) groups excluding carboxylic acids is 2. The molecule has 0 aliphatic rings. The number of Topliss-reactive ketones (excluding diaryl/α,β-unsaturated/α-hetero) is 2. The van der Waals surface area contributed by atoms with Crippen LogP contribution in [0.5, 0.6) is 0 Å². The molecule has 3 rings (SSSR count). The molecule has 2 aromatic carbocycles. The van der Waals surface area contributed by atoms with E-state index in [-0.39, 0.29) is 41.6 Å². The van der Waals surface area contributed by atoms with E-state index in [0.29, 0.717) is 21.0 Å². The first-order chi connectivity index (χ1) is 14.0. The van der Waals surface area contributed by atoms with Gasteiger partial charge in [-0.25, -0.2) is 12.8 Å². The fourth-order valence-corrected chi connectivity index (χ4v) is 4.74. The summed E-state index contributed by atoms with van der Waals surface area (Å²) in [5, 5.41) is 0.494. The summed E-state index contributed by atoms with van der Waals surface area (Å²) in [6.45, 7) is 2.68. The third-order valence-electron chi connectivity index (χ3n) is 4.50. The first-order valence-corrected chi connectivity index (χ1v) is 11.7. The van der Waals surface area contributed by atoms with Gasteiger partial charge in [-0.15, -0.1) is 0 Å². The predicted molar refractivity (Wildman–Crippen MR) is 117 cm³/mol. The van der Waals surface area contributed by atoms with Gasteiger partial charge in [0.15, 0.2) is 5.78 Å². The Kier molecular flexibility index (Phi) is 6.14. The molecule has 9 heteroatoms. The zero-order valence-corrected chi connectivity index (χ0v) is 18.9. The van der Waals surface area contributed by atoms with Crippen LogP contribution in [0.25, 0.3) is 22.3 Å². The normalized spacial score (nSPS) is 11.6. The second-order valence-corrected chi connectivity index (χ2v) is 9.62. The second-order valence-electron chi connectivity index (χ2n) is 6.86. The molecule has 0 N–H and O–H groups in total. The fourth-order valence-electron chi connectivity index (χ4n) is 3.14. The van der Waals surface area contributed by atoms with Crippen molar-refractivity contribution in [2.75, 3.05) is 17.1 Å². The Hall–Kier alpha value is -2.52. The van der Waals surface area contributed by atoms with Gasteiger partial charge >= 0.3 is 0 Å². The molecule has 3 aromatic rings. The average molecular weight is 496 g/mol. The summed E-state index contributed by atoms with van der Waals surface area (Å²) in [5.41, 5.74) is 1.35. The SMILES string of the molecule is CCC(=O)c1c(-c2ccc(F)cc2)oc2cc(N(CC(C)=O)S(C)(=O)=O)c(Br)cc12. The van der Waals surface area contributed by atoms with Gasteiger partial charge in [0.1, 0.15) is 22.9 Å². The first kappa shape index (κ1) is 22.2. The lowest BCUT2D eigenvalue weighted by molar-refractivity contribution is -0.115. The van der Waals surface area contributed by atoms with Gasteiger partial charge in [-0.2, -0.15) is 0 Å². The highest BCUT2D eigenvalue weighted by Crippen LogP contribution is 2.40. The van der Waals surface area contributed by atoms with Gasteiger partial charge in [0.05, 0.1) is 24.1 Å². The van der Waals surface area contributed by atoms with E-state index in [1.54, 1.807) is 13.0 Å². The van der Waals surface area contributed by atoms with Crippen LogP contribution in [0.1, 0.15) is 30.6 Å². The van der Waals surface area contributed by atoms with Crippen LogP contribution in [0.2, 0.25) is 0 Å². The number of ketones is 2. The number of anilines is 1. The number of halogens is 2. The largest absolute Gasteiger partial charge is 0.455 e. The molecule has 1 aromatic heterocycles. The number of hydrogen-bond acceptors (Lipinski definition) is 5. The van der Waals surface area contributed by atoms with Crippen LogP contribution in [-0.2, 0) is 14.8 Å². The van der Waals surface area contributed by atoms with Crippen molar-refractivity contribution >= 4 is 54.2 Å². The third-order valence-corrected chi connectivity index (χ3v) is 6.26. The molecule has 0 spiro atoms. The molecule has 0 atom stereocenters. The smallest absolute Gasteiger partial charge is 0.232 e. The van der Waals surface area contributed by atoms with Crippen molar-refractivity contribution in [3.8, 4) is 11.3 Å². The van der Waals surface area contributed by atoms with E-state index in [0.717, 1.165) is 10.6 Å². The summed E-state index contributed by atoms with van der Waals surface area (Å²) < 4.78 is 45.2. The molecule has 0 saturated carbocycles. The predicted octanol–water partition coefficient (Wildman–Crippen LogP) is 4.95. The van der Waals surface area contributed by atoms with Crippen molar-refractivity contribution in [3.63, 3.8) is 0 Å². The summed E-state index contributed by atoms with van der Waals surface area (Å²) in [6.07, 6.45) is 1.23. The van der Waals surface area contributed by atoms with Crippen LogP contribution in [0.4, 0.5) is 10.1 Å². The summed E-state index contributed by atoms with van der Waals surface area (Å²) in [4.78, 5) is 24.3. The second kappa shape index (κ2) is 8.31. The Bertz CT molecular complexity index is 1250. The number of furan rings is 1. The molecule has 0 unspecified atom stereocenters. The molecule has 0 amide bonds. The van der Waals surface area contributed by atoms with Crippen molar-refractivity contribution in [1.29, 1.82) is 0 Å². The van der Waals surface area contributed by atoms with Gasteiger partial charge in [-0.1, -0.05) is 6.92 Å². The molecule has 158 valence electrons.